The summed E-state index contributed by atoms with van der Waals surface area (Å²) < 4.78 is 5.39. The van der Waals surface area contributed by atoms with Crippen LogP contribution in [0.15, 0.2) is 60.7 Å². The summed E-state index contributed by atoms with van der Waals surface area (Å²) in [7, 11) is 0. The second-order valence-electron chi connectivity index (χ2n) is 5.77. The molecule has 0 amide bonds. The Hall–Kier alpha value is -2.66. The summed E-state index contributed by atoms with van der Waals surface area (Å²) >= 11 is 0. The van der Waals surface area contributed by atoms with E-state index >= 15 is 0 Å². The Labute approximate surface area is 147 Å². The number of carbonyl (C=O) groups excluding carboxylic acids is 1. The van der Waals surface area contributed by atoms with Gasteiger partial charge in [-0.05, 0) is 24.0 Å². The average Bonchev–Trinajstić information content (AvgIpc) is 2.64. The van der Waals surface area contributed by atoms with Gasteiger partial charge in [-0.25, -0.2) is 0 Å². The summed E-state index contributed by atoms with van der Waals surface area (Å²) in [5.41, 5.74) is 2.05. The van der Waals surface area contributed by atoms with Gasteiger partial charge in [0.15, 0.2) is 0 Å². The highest BCUT2D eigenvalue weighted by molar-refractivity contribution is 5.76. The number of ether oxygens (including phenoxy) is 1. The smallest absolute Gasteiger partial charge is 0.323 e. The molecule has 0 aliphatic heterocycles. The minimum atomic E-state index is -0.896. The second kappa shape index (κ2) is 10.3. The molecule has 2 rings (SSSR count). The van der Waals surface area contributed by atoms with Crippen LogP contribution in [0.1, 0.15) is 24.0 Å². The first kappa shape index (κ1) is 18.7. The number of benzene rings is 2. The summed E-state index contributed by atoms with van der Waals surface area (Å²) in [4.78, 5) is 23.1. The van der Waals surface area contributed by atoms with Crippen LogP contribution in [0, 0.1) is 0 Å². The van der Waals surface area contributed by atoms with Gasteiger partial charge < -0.3 is 15.2 Å². The lowest BCUT2D eigenvalue weighted by atomic mass is 10.1. The highest BCUT2D eigenvalue weighted by atomic mass is 16.5. The van der Waals surface area contributed by atoms with Crippen LogP contribution in [0.5, 0.6) is 0 Å². The number of aryl methyl sites for hydroxylation is 1. The van der Waals surface area contributed by atoms with Crippen molar-refractivity contribution in [2.24, 2.45) is 0 Å². The van der Waals surface area contributed by atoms with Gasteiger partial charge in [0, 0.05) is 6.54 Å². The van der Waals surface area contributed by atoms with E-state index in [9.17, 15) is 9.59 Å². The first-order valence-corrected chi connectivity index (χ1v) is 8.35. The molecule has 0 aromatic heterocycles. The molecule has 0 bridgehead atoms. The number of esters is 1. The van der Waals surface area contributed by atoms with E-state index in [-0.39, 0.29) is 25.5 Å². The Morgan fingerprint density at radius 1 is 0.960 bits per heavy atom. The fourth-order valence-corrected chi connectivity index (χ4v) is 2.44. The summed E-state index contributed by atoms with van der Waals surface area (Å²) in [6.45, 7) is 0.442. The van der Waals surface area contributed by atoms with Crippen LogP contribution >= 0.6 is 0 Å². The number of aliphatic carboxylic acids is 1. The Bertz CT molecular complexity index is 658. The molecule has 0 saturated carbocycles. The molecule has 5 heteroatoms. The first-order chi connectivity index (χ1) is 12.1. The van der Waals surface area contributed by atoms with E-state index in [0.717, 1.165) is 11.1 Å². The van der Waals surface area contributed by atoms with Crippen LogP contribution in [0.3, 0.4) is 0 Å². The van der Waals surface area contributed by atoms with Gasteiger partial charge in [0.05, 0.1) is 6.42 Å². The lowest BCUT2D eigenvalue weighted by Gasteiger charge is -2.17. The standard InChI is InChI=1S/C20H23NO4/c22-19(23)13-14-21-18(12-11-16-7-3-1-4-8-16)20(24)25-15-17-9-5-2-6-10-17/h1-10,18,21H,11-15H2,(H,22,23)/t18-/m0/s1. The second-order valence-corrected chi connectivity index (χ2v) is 5.77. The van der Waals surface area contributed by atoms with Gasteiger partial charge in [0.2, 0.25) is 0 Å². The SMILES string of the molecule is O=C(O)CCN[C@@H](CCc1ccccc1)C(=O)OCc1ccccc1. The Morgan fingerprint density at radius 3 is 2.16 bits per heavy atom. The third-order valence-electron chi connectivity index (χ3n) is 3.80. The molecule has 132 valence electrons. The van der Waals surface area contributed by atoms with Crippen LogP contribution in [0.25, 0.3) is 0 Å². The molecule has 2 N–H and O–H groups in total. The minimum Gasteiger partial charge on any atom is -0.481 e. The fourth-order valence-electron chi connectivity index (χ4n) is 2.44. The zero-order valence-corrected chi connectivity index (χ0v) is 14.1. The van der Waals surface area contributed by atoms with Gasteiger partial charge in [-0.15, -0.1) is 0 Å². The van der Waals surface area contributed by atoms with E-state index in [0.29, 0.717) is 12.8 Å². The number of hydrogen-bond donors (Lipinski definition) is 2. The molecular weight excluding hydrogens is 318 g/mol. The number of hydrogen-bond acceptors (Lipinski definition) is 4. The van der Waals surface area contributed by atoms with E-state index in [1.54, 1.807) is 0 Å². The maximum atomic E-state index is 12.4. The molecule has 0 radical (unpaired) electrons. The van der Waals surface area contributed by atoms with E-state index in [2.05, 4.69) is 5.32 Å². The van der Waals surface area contributed by atoms with Crippen molar-refractivity contribution in [3.63, 3.8) is 0 Å². The average molecular weight is 341 g/mol. The van der Waals surface area contributed by atoms with Gasteiger partial charge >= 0.3 is 11.9 Å². The number of carboxylic acids is 1. The Morgan fingerprint density at radius 2 is 1.56 bits per heavy atom. The maximum Gasteiger partial charge on any atom is 0.323 e. The predicted octanol–water partition coefficient (Wildman–Crippen LogP) is 2.80. The lowest BCUT2D eigenvalue weighted by Crippen LogP contribution is -2.39. The quantitative estimate of drug-likeness (QED) is 0.650. The summed E-state index contributed by atoms with van der Waals surface area (Å²) in [5.74, 6) is -1.25. The molecular formula is C20H23NO4. The highest BCUT2D eigenvalue weighted by Crippen LogP contribution is 2.08. The Kier molecular flexibility index (Phi) is 7.66. The van der Waals surface area contributed by atoms with E-state index < -0.39 is 12.0 Å². The molecule has 0 unspecified atom stereocenters. The molecule has 2 aromatic carbocycles. The summed E-state index contributed by atoms with van der Waals surface area (Å²) in [6.07, 6.45) is 1.23. The highest BCUT2D eigenvalue weighted by Gasteiger charge is 2.19. The van der Waals surface area contributed by atoms with E-state index in [1.165, 1.54) is 0 Å². The van der Waals surface area contributed by atoms with Crippen molar-refractivity contribution in [2.45, 2.75) is 31.9 Å². The van der Waals surface area contributed by atoms with Gasteiger partial charge in [0.1, 0.15) is 12.6 Å². The molecule has 0 aliphatic carbocycles. The molecule has 0 aliphatic rings. The zero-order valence-electron chi connectivity index (χ0n) is 14.1. The zero-order chi connectivity index (χ0) is 17.9. The van der Waals surface area contributed by atoms with Crippen molar-refractivity contribution in [1.82, 2.24) is 5.32 Å². The van der Waals surface area contributed by atoms with Crippen molar-refractivity contribution in [3.8, 4) is 0 Å². The van der Waals surface area contributed by atoms with Crippen LogP contribution in [0.4, 0.5) is 0 Å². The topological polar surface area (TPSA) is 75.6 Å². The monoisotopic (exact) mass is 341 g/mol. The van der Waals surface area contributed by atoms with Gasteiger partial charge in [0.25, 0.3) is 0 Å². The molecule has 1 atom stereocenters. The molecule has 0 heterocycles. The third-order valence-corrected chi connectivity index (χ3v) is 3.80. The van der Waals surface area contributed by atoms with E-state index in [1.807, 2.05) is 60.7 Å². The van der Waals surface area contributed by atoms with Gasteiger partial charge in [-0.2, -0.15) is 0 Å². The molecule has 0 spiro atoms. The number of carboxylic acid groups (broad SMARTS) is 1. The van der Waals surface area contributed by atoms with Crippen molar-refractivity contribution < 1.29 is 19.4 Å². The Balaban J connectivity index is 1.89. The van der Waals surface area contributed by atoms with Crippen molar-refractivity contribution >= 4 is 11.9 Å². The van der Waals surface area contributed by atoms with Crippen LogP contribution < -0.4 is 5.32 Å². The van der Waals surface area contributed by atoms with Crippen LogP contribution in [0.2, 0.25) is 0 Å². The number of rotatable bonds is 10. The number of carbonyl (C=O) groups is 2. The molecule has 25 heavy (non-hydrogen) atoms. The lowest BCUT2D eigenvalue weighted by molar-refractivity contribution is -0.148. The predicted molar refractivity (Wildman–Crippen MR) is 95.0 cm³/mol. The maximum absolute atomic E-state index is 12.4. The van der Waals surface area contributed by atoms with Crippen LogP contribution in [-0.2, 0) is 27.4 Å². The van der Waals surface area contributed by atoms with Gasteiger partial charge in [-0.1, -0.05) is 60.7 Å². The fraction of sp³-hybridized carbons (Fsp3) is 0.300. The molecule has 0 saturated heterocycles. The van der Waals surface area contributed by atoms with Crippen LogP contribution in [-0.4, -0.2) is 29.6 Å². The first-order valence-electron chi connectivity index (χ1n) is 8.35. The summed E-state index contributed by atoms with van der Waals surface area (Å²) in [5, 5.41) is 11.8. The van der Waals surface area contributed by atoms with Crippen molar-refractivity contribution in [2.75, 3.05) is 6.54 Å². The molecule has 5 nitrogen and oxygen atoms in total. The van der Waals surface area contributed by atoms with Gasteiger partial charge in [-0.3, -0.25) is 9.59 Å². The molecule has 2 aromatic rings. The van der Waals surface area contributed by atoms with Crippen molar-refractivity contribution in [3.05, 3.63) is 71.8 Å². The van der Waals surface area contributed by atoms with E-state index in [4.69, 9.17) is 9.84 Å². The summed E-state index contributed by atoms with van der Waals surface area (Å²) in [6, 6.07) is 18.8. The minimum absolute atomic E-state index is 0.0339. The third kappa shape index (κ3) is 7.18. The number of nitrogens with one attached hydrogen (secondary N) is 1. The largest absolute Gasteiger partial charge is 0.481 e. The normalized spacial score (nSPS) is 11.7. The van der Waals surface area contributed by atoms with Crippen molar-refractivity contribution in [1.29, 1.82) is 0 Å². The molecule has 0 fully saturated rings.